The molecule has 2 N–H and O–H groups in total. The zero-order valence-corrected chi connectivity index (χ0v) is 9.69. The van der Waals surface area contributed by atoms with Crippen LogP contribution in [0.3, 0.4) is 0 Å². The summed E-state index contributed by atoms with van der Waals surface area (Å²) in [6.07, 6.45) is 1.57. The van der Waals surface area contributed by atoms with Gasteiger partial charge < -0.3 is 10.4 Å². The van der Waals surface area contributed by atoms with Gasteiger partial charge in [0.2, 0.25) is 0 Å². The summed E-state index contributed by atoms with van der Waals surface area (Å²) in [4.78, 5) is 4.16. The van der Waals surface area contributed by atoms with Crippen LogP contribution in [0.1, 0.15) is 26.6 Å². The highest BCUT2D eigenvalue weighted by Crippen LogP contribution is 2.11. The van der Waals surface area contributed by atoms with Gasteiger partial charge >= 0.3 is 0 Å². The molecule has 1 rings (SSSR count). The maximum atomic E-state index is 9.08. The number of aliphatic hydroxyl groups is 1. The lowest BCUT2D eigenvalue weighted by Gasteiger charge is -2.21. The summed E-state index contributed by atoms with van der Waals surface area (Å²) < 4.78 is 1.86. The Morgan fingerprint density at radius 3 is 2.87 bits per heavy atom. The van der Waals surface area contributed by atoms with Gasteiger partial charge in [-0.25, -0.2) is 9.67 Å². The lowest BCUT2D eigenvalue weighted by molar-refractivity contribution is 0.156. The number of nitrogens with one attached hydrogen (secondary N) is 1. The van der Waals surface area contributed by atoms with Crippen LogP contribution in [0.2, 0.25) is 0 Å². The Kier molecular flexibility index (Phi) is 4.23. The SMILES string of the molecule is CCn1ncnc1CNCC(C)(C)CO. The van der Waals surface area contributed by atoms with E-state index in [-0.39, 0.29) is 12.0 Å². The third-order valence-corrected chi connectivity index (χ3v) is 2.31. The molecule has 0 radical (unpaired) electrons. The molecule has 1 aromatic rings. The van der Waals surface area contributed by atoms with Crippen molar-refractivity contribution in [3.63, 3.8) is 0 Å². The van der Waals surface area contributed by atoms with Gasteiger partial charge in [-0.15, -0.1) is 0 Å². The number of nitrogens with zero attached hydrogens (tertiary/aromatic N) is 3. The van der Waals surface area contributed by atoms with Crippen LogP contribution < -0.4 is 5.32 Å². The number of hydrogen-bond donors (Lipinski definition) is 2. The number of rotatable bonds is 6. The van der Waals surface area contributed by atoms with E-state index in [1.165, 1.54) is 0 Å². The Morgan fingerprint density at radius 2 is 2.27 bits per heavy atom. The van der Waals surface area contributed by atoms with Crippen LogP contribution in [0.5, 0.6) is 0 Å². The molecule has 0 unspecified atom stereocenters. The molecule has 5 heteroatoms. The monoisotopic (exact) mass is 212 g/mol. The Labute approximate surface area is 90.5 Å². The highest BCUT2D eigenvalue weighted by Gasteiger charge is 2.15. The minimum Gasteiger partial charge on any atom is -0.396 e. The summed E-state index contributed by atoms with van der Waals surface area (Å²) in [5.41, 5.74) is -0.0862. The molecule has 0 bridgehead atoms. The minimum absolute atomic E-state index is 0.0862. The van der Waals surface area contributed by atoms with Crippen LogP contribution in [0.4, 0.5) is 0 Å². The fourth-order valence-electron chi connectivity index (χ4n) is 1.26. The molecule has 0 fully saturated rings. The van der Waals surface area contributed by atoms with Crippen LogP contribution in [0.15, 0.2) is 6.33 Å². The lowest BCUT2D eigenvalue weighted by atomic mass is 9.95. The highest BCUT2D eigenvalue weighted by molar-refractivity contribution is 4.84. The van der Waals surface area contributed by atoms with Crippen molar-refractivity contribution in [1.29, 1.82) is 0 Å². The molecule has 0 aliphatic carbocycles. The van der Waals surface area contributed by atoms with Crippen LogP contribution in [0.25, 0.3) is 0 Å². The first-order chi connectivity index (χ1) is 7.09. The molecule has 0 saturated carbocycles. The van der Waals surface area contributed by atoms with Gasteiger partial charge in [-0.05, 0) is 6.92 Å². The molecular weight excluding hydrogens is 192 g/mol. The molecule has 1 heterocycles. The van der Waals surface area contributed by atoms with Crippen molar-refractivity contribution in [2.24, 2.45) is 5.41 Å². The first-order valence-electron chi connectivity index (χ1n) is 5.27. The molecular formula is C10H20N4O. The Morgan fingerprint density at radius 1 is 1.53 bits per heavy atom. The Bertz CT molecular complexity index is 295. The summed E-state index contributed by atoms with van der Waals surface area (Å²) in [5.74, 6) is 0.936. The Hall–Kier alpha value is -0.940. The molecule has 1 aromatic heterocycles. The fourth-order valence-corrected chi connectivity index (χ4v) is 1.26. The van der Waals surface area contributed by atoms with Crippen molar-refractivity contribution in [1.82, 2.24) is 20.1 Å². The average Bonchev–Trinajstić information content (AvgIpc) is 2.65. The lowest BCUT2D eigenvalue weighted by Crippen LogP contribution is -2.32. The van der Waals surface area contributed by atoms with Gasteiger partial charge in [-0.2, -0.15) is 5.10 Å². The first-order valence-corrected chi connectivity index (χ1v) is 5.27. The minimum atomic E-state index is -0.0862. The Balaban J connectivity index is 2.38. The standard InChI is InChI=1S/C10H20N4O/c1-4-14-9(12-8-13-14)5-11-6-10(2,3)7-15/h8,11,15H,4-7H2,1-3H3. The largest absolute Gasteiger partial charge is 0.396 e. The molecule has 0 aromatic carbocycles. The third-order valence-electron chi connectivity index (χ3n) is 2.31. The average molecular weight is 212 g/mol. The summed E-state index contributed by atoms with van der Waals surface area (Å²) in [7, 11) is 0. The van der Waals surface area contributed by atoms with E-state index in [9.17, 15) is 0 Å². The van der Waals surface area contributed by atoms with E-state index in [0.717, 1.165) is 18.9 Å². The normalized spacial score (nSPS) is 12.0. The predicted molar refractivity (Wildman–Crippen MR) is 58.3 cm³/mol. The number of aryl methyl sites for hydroxylation is 1. The smallest absolute Gasteiger partial charge is 0.140 e. The maximum Gasteiger partial charge on any atom is 0.140 e. The second-order valence-electron chi connectivity index (χ2n) is 4.42. The van der Waals surface area contributed by atoms with Crippen molar-refractivity contribution in [2.75, 3.05) is 13.2 Å². The van der Waals surface area contributed by atoms with Crippen molar-refractivity contribution >= 4 is 0 Å². The molecule has 0 atom stereocenters. The van der Waals surface area contributed by atoms with Crippen LogP contribution in [0, 0.1) is 5.41 Å². The topological polar surface area (TPSA) is 63.0 Å². The molecule has 0 aliphatic heterocycles. The molecule has 5 nitrogen and oxygen atoms in total. The van der Waals surface area contributed by atoms with Gasteiger partial charge in [0.05, 0.1) is 6.54 Å². The molecule has 86 valence electrons. The molecule has 15 heavy (non-hydrogen) atoms. The van der Waals surface area contributed by atoms with E-state index in [1.807, 2.05) is 25.5 Å². The second-order valence-corrected chi connectivity index (χ2v) is 4.42. The van der Waals surface area contributed by atoms with E-state index >= 15 is 0 Å². The molecule has 0 aliphatic rings. The first kappa shape index (κ1) is 12.1. The second kappa shape index (κ2) is 5.23. The zero-order chi connectivity index (χ0) is 11.3. The summed E-state index contributed by atoms with van der Waals surface area (Å²) in [6.45, 7) is 8.54. The maximum absolute atomic E-state index is 9.08. The van der Waals surface area contributed by atoms with E-state index in [0.29, 0.717) is 6.54 Å². The quantitative estimate of drug-likeness (QED) is 0.717. The van der Waals surface area contributed by atoms with Crippen LogP contribution in [-0.4, -0.2) is 33.0 Å². The van der Waals surface area contributed by atoms with E-state index in [1.54, 1.807) is 6.33 Å². The van der Waals surface area contributed by atoms with E-state index < -0.39 is 0 Å². The van der Waals surface area contributed by atoms with Crippen molar-refractivity contribution in [3.8, 4) is 0 Å². The number of aliphatic hydroxyl groups excluding tert-OH is 1. The molecule has 0 spiro atoms. The zero-order valence-electron chi connectivity index (χ0n) is 9.69. The van der Waals surface area contributed by atoms with E-state index in [4.69, 9.17) is 5.11 Å². The fraction of sp³-hybridized carbons (Fsp3) is 0.800. The van der Waals surface area contributed by atoms with Crippen LogP contribution >= 0.6 is 0 Å². The highest BCUT2D eigenvalue weighted by atomic mass is 16.3. The van der Waals surface area contributed by atoms with Gasteiger partial charge in [-0.1, -0.05) is 13.8 Å². The van der Waals surface area contributed by atoms with Gasteiger partial charge in [0.25, 0.3) is 0 Å². The summed E-state index contributed by atoms with van der Waals surface area (Å²) in [5, 5.41) is 16.4. The van der Waals surface area contributed by atoms with Gasteiger partial charge in [0, 0.05) is 25.1 Å². The molecule has 0 saturated heterocycles. The van der Waals surface area contributed by atoms with Gasteiger partial charge in [0.1, 0.15) is 12.2 Å². The number of aromatic nitrogens is 3. The third kappa shape index (κ3) is 3.60. The van der Waals surface area contributed by atoms with Gasteiger partial charge in [0.15, 0.2) is 0 Å². The summed E-state index contributed by atoms with van der Waals surface area (Å²) in [6, 6.07) is 0. The predicted octanol–water partition coefficient (Wildman–Crippen LogP) is 0.406. The van der Waals surface area contributed by atoms with Gasteiger partial charge in [-0.3, -0.25) is 0 Å². The molecule has 0 amide bonds. The van der Waals surface area contributed by atoms with Crippen molar-refractivity contribution < 1.29 is 5.11 Å². The van der Waals surface area contributed by atoms with Crippen molar-refractivity contribution in [2.45, 2.75) is 33.9 Å². The van der Waals surface area contributed by atoms with Crippen LogP contribution in [-0.2, 0) is 13.1 Å². The van der Waals surface area contributed by atoms with E-state index in [2.05, 4.69) is 15.4 Å². The summed E-state index contributed by atoms with van der Waals surface area (Å²) >= 11 is 0. The van der Waals surface area contributed by atoms with Crippen molar-refractivity contribution in [3.05, 3.63) is 12.2 Å². The number of hydrogen-bond acceptors (Lipinski definition) is 4.